The van der Waals surface area contributed by atoms with Crippen LogP contribution in [0.5, 0.6) is 0 Å². The van der Waals surface area contributed by atoms with Crippen LogP contribution in [0, 0.1) is 0 Å². The highest BCUT2D eigenvalue weighted by Crippen LogP contribution is 2.43. The van der Waals surface area contributed by atoms with Crippen molar-refractivity contribution in [2.24, 2.45) is 0 Å². The van der Waals surface area contributed by atoms with Crippen LogP contribution in [-0.4, -0.2) is 75.6 Å². The predicted molar refractivity (Wildman–Crippen MR) is 293 cm³/mol. The van der Waals surface area contributed by atoms with Gasteiger partial charge in [0.2, 0.25) is 0 Å². The van der Waals surface area contributed by atoms with Gasteiger partial charge in [-0.25, -0.2) is 4.57 Å². The molecule has 0 aliphatic carbocycles. The Labute approximate surface area is 421 Å². The molecule has 0 aliphatic rings. The van der Waals surface area contributed by atoms with Crippen LogP contribution in [0.2, 0.25) is 0 Å². The molecule has 0 fully saturated rings. The van der Waals surface area contributed by atoms with Gasteiger partial charge in [0.05, 0.1) is 34.4 Å². The maximum atomic E-state index is 12.8. The zero-order valence-electron chi connectivity index (χ0n) is 45.3. The summed E-state index contributed by atoms with van der Waals surface area (Å²) in [6.45, 7) is 5.54. The normalized spacial score (nSPS) is 13.9. The largest absolute Gasteiger partial charge is 0.472 e. The number of carbonyl (C=O) groups is 1. The van der Waals surface area contributed by atoms with Crippen LogP contribution >= 0.6 is 7.82 Å². The molecule has 0 aromatic carbocycles. The second-order valence-electron chi connectivity index (χ2n) is 20.3. The predicted octanol–water partition coefficient (Wildman–Crippen LogP) is 18.0. The number of carbonyl (C=O) groups excluding carboxylic acids is 1. The number of likely N-dealkylation sites (N-methyl/N-ethyl adjacent to an activating group) is 1. The number of rotatable bonds is 53. The van der Waals surface area contributed by atoms with Crippen LogP contribution in [-0.2, 0) is 27.9 Å². The fourth-order valence-electron chi connectivity index (χ4n) is 7.99. The van der Waals surface area contributed by atoms with Gasteiger partial charge in [0.15, 0.2) is 0 Å². The first-order valence-corrected chi connectivity index (χ1v) is 30.0. The Morgan fingerprint density at radius 2 is 0.853 bits per heavy atom. The summed E-state index contributed by atoms with van der Waals surface area (Å²) in [6.07, 6.45) is 67.1. The Morgan fingerprint density at radius 1 is 0.471 bits per heavy atom. The first-order chi connectivity index (χ1) is 33.1. The van der Waals surface area contributed by atoms with E-state index >= 15 is 0 Å². The number of hydrogen-bond acceptors (Lipinski definition) is 6. The number of ether oxygens (including phenoxy) is 2. The molecule has 0 saturated carbocycles. The Bertz CT molecular complexity index is 1270. The monoisotopic (exact) mass is 977 g/mol. The van der Waals surface area contributed by atoms with Crippen molar-refractivity contribution >= 4 is 13.8 Å². The number of nitrogens with zero attached hydrogens (tertiary/aromatic N) is 1. The van der Waals surface area contributed by atoms with Gasteiger partial charge in [0.25, 0.3) is 0 Å². The molecule has 0 aromatic heterocycles. The van der Waals surface area contributed by atoms with Crippen molar-refractivity contribution in [1.29, 1.82) is 0 Å². The summed E-state index contributed by atoms with van der Waals surface area (Å²) in [5.41, 5.74) is 0. The van der Waals surface area contributed by atoms with Gasteiger partial charge in [-0.2, -0.15) is 0 Å². The Balaban J connectivity index is 4.10. The lowest BCUT2D eigenvalue weighted by Crippen LogP contribution is -2.37. The van der Waals surface area contributed by atoms with Crippen LogP contribution in [0.1, 0.15) is 251 Å². The molecular formula is C59H111NO7P+. The Kier molecular flexibility index (Phi) is 50.2. The molecule has 2 atom stereocenters. The van der Waals surface area contributed by atoms with Crippen molar-refractivity contribution in [3.63, 3.8) is 0 Å². The minimum absolute atomic E-state index is 0.0854. The second-order valence-corrected chi connectivity index (χ2v) is 21.8. The van der Waals surface area contributed by atoms with Gasteiger partial charge in [-0.3, -0.25) is 13.8 Å². The molecule has 0 spiro atoms. The van der Waals surface area contributed by atoms with Gasteiger partial charge >= 0.3 is 13.8 Å². The molecule has 0 amide bonds. The van der Waals surface area contributed by atoms with Crippen molar-refractivity contribution in [2.45, 2.75) is 258 Å². The fraction of sp³-hybridized carbons (Fsp3) is 0.814. The number of quaternary nitrogens is 1. The van der Waals surface area contributed by atoms with Crippen LogP contribution < -0.4 is 0 Å². The maximum absolute atomic E-state index is 12.8. The van der Waals surface area contributed by atoms with Crippen LogP contribution in [0.3, 0.4) is 0 Å². The summed E-state index contributed by atoms with van der Waals surface area (Å²) in [5.74, 6) is -0.322. The van der Waals surface area contributed by atoms with E-state index in [9.17, 15) is 14.3 Å². The molecule has 0 rings (SSSR count). The molecule has 68 heavy (non-hydrogen) atoms. The zero-order chi connectivity index (χ0) is 49.8. The molecular weight excluding hydrogens is 866 g/mol. The van der Waals surface area contributed by atoms with Gasteiger partial charge in [-0.1, -0.05) is 248 Å². The molecule has 0 aromatic rings. The molecule has 0 radical (unpaired) electrons. The van der Waals surface area contributed by atoms with Crippen LogP contribution in [0.4, 0.5) is 0 Å². The molecule has 0 aliphatic heterocycles. The molecule has 398 valence electrons. The third-order valence-corrected chi connectivity index (χ3v) is 13.3. The van der Waals surface area contributed by atoms with Crippen molar-refractivity contribution in [3.05, 3.63) is 60.8 Å². The van der Waals surface area contributed by atoms with E-state index in [0.29, 0.717) is 24.1 Å². The summed E-state index contributed by atoms with van der Waals surface area (Å²) >= 11 is 0. The smallest absolute Gasteiger partial charge is 0.457 e. The quantitative estimate of drug-likeness (QED) is 0.0213. The number of esters is 1. The highest BCUT2D eigenvalue weighted by Gasteiger charge is 2.26. The molecule has 0 heterocycles. The number of hydrogen-bond donors (Lipinski definition) is 1. The maximum Gasteiger partial charge on any atom is 0.472 e. The van der Waals surface area contributed by atoms with E-state index in [-0.39, 0.29) is 25.8 Å². The average molecular weight is 978 g/mol. The lowest BCUT2D eigenvalue weighted by Gasteiger charge is -2.24. The van der Waals surface area contributed by atoms with E-state index in [0.717, 1.165) is 70.6 Å². The first kappa shape index (κ1) is 66.2. The van der Waals surface area contributed by atoms with E-state index in [1.807, 2.05) is 21.1 Å². The molecule has 0 saturated heterocycles. The number of phosphoric ester groups is 1. The minimum Gasteiger partial charge on any atom is -0.457 e. The fourth-order valence-corrected chi connectivity index (χ4v) is 8.74. The molecule has 1 N–H and O–H groups in total. The SMILES string of the molecule is CC/C=C\C/C=C\C/C=C\C/C=C\C/C=C\CCCCCCCCCC(=O)OC(COCCCCCCCCCCCCCCCCCCCCCCCCC)COP(=O)(O)OCC[N+](C)(C)C. The van der Waals surface area contributed by atoms with Gasteiger partial charge in [0, 0.05) is 13.0 Å². The summed E-state index contributed by atoms with van der Waals surface area (Å²) < 4.78 is 35.3. The minimum atomic E-state index is -4.29. The van der Waals surface area contributed by atoms with E-state index in [1.54, 1.807) is 0 Å². The second kappa shape index (κ2) is 51.6. The number of unbranched alkanes of at least 4 members (excludes halogenated alkanes) is 29. The third kappa shape index (κ3) is 55.1. The van der Waals surface area contributed by atoms with Crippen molar-refractivity contribution < 1.29 is 37.3 Å². The molecule has 9 heteroatoms. The van der Waals surface area contributed by atoms with Crippen molar-refractivity contribution in [3.8, 4) is 0 Å². The molecule has 8 nitrogen and oxygen atoms in total. The van der Waals surface area contributed by atoms with Crippen molar-refractivity contribution in [2.75, 3.05) is 54.1 Å². The van der Waals surface area contributed by atoms with E-state index in [2.05, 4.69) is 74.6 Å². The number of allylic oxidation sites excluding steroid dienone is 10. The lowest BCUT2D eigenvalue weighted by molar-refractivity contribution is -0.870. The van der Waals surface area contributed by atoms with Crippen molar-refractivity contribution in [1.82, 2.24) is 0 Å². The van der Waals surface area contributed by atoms with Crippen LogP contribution in [0.15, 0.2) is 60.8 Å². The Morgan fingerprint density at radius 3 is 1.28 bits per heavy atom. The highest BCUT2D eigenvalue weighted by atomic mass is 31.2. The standard InChI is InChI=1S/C59H110NO7P/c1-6-8-10-12-14-16-18-20-22-24-26-28-30-32-34-36-38-40-42-44-46-48-50-52-59(61)67-58(57-66-68(62,63)65-55-53-60(3,4)5)56-64-54-51-49-47-45-43-41-39-37-35-33-31-29-27-25-23-21-19-17-15-13-11-9-7-2/h8,10,14,16,20,22,26,28,32,34,58H,6-7,9,11-13,15,17-19,21,23-25,27,29-31,33,35-57H2,1-5H3/p+1/b10-8-,16-14-,22-20-,28-26-,34-32-. The summed E-state index contributed by atoms with van der Waals surface area (Å²) in [6, 6.07) is 0. The third-order valence-electron chi connectivity index (χ3n) is 12.3. The lowest BCUT2D eigenvalue weighted by atomic mass is 10.0. The topological polar surface area (TPSA) is 91.3 Å². The first-order valence-electron chi connectivity index (χ1n) is 28.5. The van der Waals surface area contributed by atoms with Gasteiger partial charge in [-0.05, 0) is 57.8 Å². The van der Waals surface area contributed by atoms with Crippen LogP contribution in [0.25, 0.3) is 0 Å². The summed E-state index contributed by atoms with van der Waals surface area (Å²) in [7, 11) is 1.66. The van der Waals surface area contributed by atoms with E-state index < -0.39 is 13.9 Å². The summed E-state index contributed by atoms with van der Waals surface area (Å²) in [4.78, 5) is 23.1. The highest BCUT2D eigenvalue weighted by molar-refractivity contribution is 7.47. The summed E-state index contributed by atoms with van der Waals surface area (Å²) in [5, 5.41) is 0. The van der Waals surface area contributed by atoms with E-state index in [1.165, 1.54) is 161 Å². The van der Waals surface area contributed by atoms with E-state index in [4.69, 9.17) is 18.5 Å². The van der Waals surface area contributed by atoms with Gasteiger partial charge in [0.1, 0.15) is 19.3 Å². The van der Waals surface area contributed by atoms with Gasteiger partial charge < -0.3 is 18.9 Å². The zero-order valence-corrected chi connectivity index (χ0v) is 46.2. The van der Waals surface area contributed by atoms with Gasteiger partial charge in [-0.15, -0.1) is 0 Å². The Hall–Kier alpha value is -1.80. The molecule has 2 unspecified atom stereocenters. The number of phosphoric acid groups is 1. The average Bonchev–Trinajstić information content (AvgIpc) is 3.30. The molecule has 0 bridgehead atoms.